The third kappa shape index (κ3) is 4.28. The zero-order chi connectivity index (χ0) is 22.7. The Balaban J connectivity index is 1.68. The van der Waals surface area contributed by atoms with Crippen LogP contribution in [0.2, 0.25) is 0 Å². The largest absolute Gasteiger partial charge is 0.493 e. The van der Waals surface area contributed by atoms with Crippen LogP contribution in [-0.2, 0) is 10.0 Å². The fourth-order valence-corrected chi connectivity index (χ4v) is 4.39. The van der Waals surface area contributed by atoms with Crippen LogP contribution >= 0.6 is 0 Å². The van der Waals surface area contributed by atoms with Crippen molar-refractivity contribution in [2.75, 3.05) is 18.9 Å². The molecular weight excluding hydrogens is 430 g/mol. The molecule has 8 nitrogen and oxygen atoms in total. The molecule has 1 heterocycles. The van der Waals surface area contributed by atoms with E-state index in [0.29, 0.717) is 28.6 Å². The number of ether oxygens (including phenoxy) is 2. The maximum atomic E-state index is 13.2. The average Bonchev–Trinajstić information content (AvgIpc) is 3.29. The molecule has 0 spiro atoms. The molecule has 0 radical (unpaired) electrons. The Morgan fingerprint density at radius 2 is 1.62 bits per heavy atom. The molecule has 0 bridgehead atoms. The summed E-state index contributed by atoms with van der Waals surface area (Å²) < 4.78 is 44.8. The maximum absolute atomic E-state index is 13.2. The molecule has 1 N–H and O–H groups in total. The lowest BCUT2D eigenvalue weighted by Gasteiger charge is -2.13. The van der Waals surface area contributed by atoms with Crippen molar-refractivity contribution in [1.82, 2.24) is 10.1 Å². The zero-order valence-electron chi connectivity index (χ0n) is 17.7. The minimum Gasteiger partial charge on any atom is -0.493 e. The molecule has 0 fully saturated rings. The number of aromatic nitrogens is 2. The fraction of sp³-hybridized carbons (Fsp3) is 0.130. The molecule has 0 saturated carbocycles. The summed E-state index contributed by atoms with van der Waals surface area (Å²) in [7, 11) is -0.986. The van der Waals surface area contributed by atoms with Gasteiger partial charge in [0.25, 0.3) is 15.9 Å². The Labute approximate surface area is 185 Å². The van der Waals surface area contributed by atoms with Crippen LogP contribution < -0.4 is 14.2 Å². The van der Waals surface area contributed by atoms with E-state index in [9.17, 15) is 8.42 Å². The molecule has 0 aliphatic rings. The fourth-order valence-electron chi connectivity index (χ4n) is 3.14. The zero-order valence-corrected chi connectivity index (χ0v) is 18.5. The summed E-state index contributed by atoms with van der Waals surface area (Å²) in [5, 5.41) is 4.01. The van der Waals surface area contributed by atoms with Crippen LogP contribution in [0.3, 0.4) is 0 Å². The van der Waals surface area contributed by atoms with Crippen molar-refractivity contribution >= 4 is 15.7 Å². The lowest BCUT2D eigenvalue weighted by molar-refractivity contribution is 0.355. The van der Waals surface area contributed by atoms with E-state index in [1.165, 1.54) is 20.3 Å². The van der Waals surface area contributed by atoms with Gasteiger partial charge in [0.1, 0.15) is 4.90 Å². The van der Waals surface area contributed by atoms with Gasteiger partial charge >= 0.3 is 0 Å². The minimum absolute atomic E-state index is 0.00823. The van der Waals surface area contributed by atoms with Crippen LogP contribution in [0.25, 0.3) is 22.8 Å². The number of nitrogens with zero attached hydrogens (tertiary/aromatic N) is 2. The van der Waals surface area contributed by atoms with Crippen molar-refractivity contribution in [2.45, 2.75) is 11.8 Å². The van der Waals surface area contributed by atoms with Crippen molar-refractivity contribution in [3.8, 4) is 34.3 Å². The van der Waals surface area contributed by atoms with Crippen molar-refractivity contribution in [1.29, 1.82) is 0 Å². The number of sulfonamides is 1. The second kappa shape index (κ2) is 8.72. The van der Waals surface area contributed by atoms with E-state index < -0.39 is 10.0 Å². The second-order valence-corrected chi connectivity index (χ2v) is 8.61. The van der Waals surface area contributed by atoms with E-state index in [1.807, 2.05) is 31.2 Å². The molecule has 0 saturated heterocycles. The molecule has 3 aromatic carbocycles. The predicted molar refractivity (Wildman–Crippen MR) is 120 cm³/mol. The lowest BCUT2D eigenvalue weighted by atomic mass is 10.1. The van der Waals surface area contributed by atoms with Crippen molar-refractivity contribution in [3.63, 3.8) is 0 Å². The standard InChI is InChI=1S/C23H21N3O5S/c1-15-8-10-16(11-9-15)22-24-23(31-25-22)18-6-4-5-7-21(18)32(27,28)26-17-12-13-19(29-2)20(14-17)30-3/h4-14,26H,1-3H3. The molecule has 0 amide bonds. The number of hydrogen-bond donors (Lipinski definition) is 1. The molecule has 0 aliphatic carbocycles. The van der Waals surface area contributed by atoms with Gasteiger partial charge in [0.2, 0.25) is 5.82 Å². The highest BCUT2D eigenvalue weighted by atomic mass is 32.2. The summed E-state index contributed by atoms with van der Waals surface area (Å²) >= 11 is 0. The Hall–Kier alpha value is -3.85. The van der Waals surface area contributed by atoms with Gasteiger partial charge in [-0.2, -0.15) is 4.98 Å². The maximum Gasteiger partial charge on any atom is 0.262 e. The number of aryl methyl sites for hydroxylation is 1. The second-order valence-electron chi connectivity index (χ2n) is 6.96. The molecule has 164 valence electrons. The van der Waals surface area contributed by atoms with Crippen LogP contribution in [0.5, 0.6) is 11.5 Å². The van der Waals surface area contributed by atoms with Gasteiger partial charge in [-0.3, -0.25) is 4.72 Å². The molecular formula is C23H21N3O5S. The van der Waals surface area contributed by atoms with Gasteiger partial charge in [-0.15, -0.1) is 0 Å². The minimum atomic E-state index is -3.97. The van der Waals surface area contributed by atoms with E-state index >= 15 is 0 Å². The topological polar surface area (TPSA) is 104 Å². The molecule has 4 rings (SSSR count). The summed E-state index contributed by atoms with van der Waals surface area (Å²) in [6, 6.07) is 18.8. The number of hydrogen-bond acceptors (Lipinski definition) is 7. The van der Waals surface area contributed by atoms with E-state index in [-0.39, 0.29) is 10.8 Å². The molecule has 1 aromatic heterocycles. The van der Waals surface area contributed by atoms with Gasteiger partial charge in [0.05, 0.1) is 25.5 Å². The van der Waals surface area contributed by atoms with Crippen molar-refractivity contribution in [2.24, 2.45) is 0 Å². The molecule has 9 heteroatoms. The summed E-state index contributed by atoms with van der Waals surface area (Å²) in [4.78, 5) is 4.41. The van der Waals surface area contributed by atoms with Crippen LogP contribution in [0.15, 0.2) is 76.1 Å². The molecule has 0 atom stereocenters. The number of anilines is 1. The number of nitrogens with one attached hydrogen (secondary N) is 1. The summed E-state index contributed by atoms with van der Waals surface area (Å²) in [6.45, 7) is 1.98. The average molecular weight is 452 g/mol. The highest BCUT2D eigenvalue weighted by molar-refractivity contribution is 7.92. The van der Waals surface area contributed by atoms with Gasteiger partial charge in [0, 0.05) is 11.6 Å². The van der Waals surface area contributed by atoms with Crippen LogP contribution in [0.4, 0.5) is 5.69 Å². The molecule has 4 aromatic rings. The van der Waals surface area contributed by atoms with Gasteiger partial charge in [-0.1, -0.05) is 47.1 Å². The third-order valence-corrected chi connectivity index (χ3v) is 6.22. The first kappa shape index (κ1) is 21.4. The highest BCUT2D eigenvalue weighted by Crippen LogP contribution is 2.33. The quantitative estimate of drug-likeness (QED) is 0.440. The lowest BCUT2D eigenvalue weighted by Crippen LogP contribution is -2.14. The van der Waals surface area contributed by atoms with E-state index in [2.05, 4.69) is 14.9 Å². The first-order chi connectivity index (χ1) is 15.4. The van der Waals surface area contributed by atoms with Crippen LogP contribution in [-0.4, -0.2) is 32.8 Å². The number of benzene rings is 3. The summed E-state index contributed by atoms with van der Waals surface area (Å²) in [6.07, 6.45) is 0. The van der Waals surface area contributed by atoms with Crippen molar-refractivity contribution < 1.29 is 22.4 Å². The Morgan fingerprint density at radius 1 is 0.906 bits per heavy atom. The Morgan fingerprint density at radius 3 is 2.34 bits per heavy atom. The highest BCUT2D eigenvalue weighted by Gasteiger charge is 2.23. The smallest absolute Gasteiger partial charge is 0.262 e. The molecule has 0 unspecified atom stereocenters. The predicted octanol–water partition coefficient (Wildman–Crippen LogP) is 4.53. The first-order valence-corrected chi connectivity index (χ1v) is 11.1. The van der Waals surface area contributed by atoms with E-state index in [4.69, 9.17) is 14.0 Å². The first-order valence-electron chi connectivity index (χ1n) is 9.66. The van der Waals surface area contributed by atoms with Gasteiger partial charge in [0.15, 0.2) is 11.5 Å². The van der Waals surface area contributed by atoms with Crippen LogP contribution in [0.1, 0.15) is 5.56 Å². The van der Waals surface area contributed by atoms with Gasteiger partial charge < -0.3 is 14.0 Å². The third-order valence-electron chi connectivity index (χ3n) is 4.78. The number of rotatable bonds is 7. The Kier molecular flexibility index (Phi) is 5.83. The van der Waals surface area contributed by atoms with Crippen LogP contribution in [0, 0.1) is 6.92 Å². The van der Waals surface area contributed by atoms with E-state index in [1.54, 1.807) is 36.4 Å². The summed E-state index contributed by atoms with van der Waals surface area (Å²) in [5.41, 5.74) is 2.50. The monoisotopic (exact) mass is 451 g/mol. The van der Waals surface area contributed by atoms with E-state index in [0.717, 1.165) is 11.1 Å². The number of methoxy groups -OCH3 is 2. The van der Waals surface area contributed by atoms with Gasteiger partial charge in [-0.25, -0.2) is 8.42 Å². The Bertz CT molecular complexity index is 1350. The molecule has 32 heavy (non-hydrogen) atoms. The SMILES string of the molecule is COc1ccc(NS(=O)(=O)c2ccccc2-c2nc(-c3ccc(C)cc3)no2)cc1OC. The van der Waals surface area contributed by atoms with Crippen molar-refractivity contribution in [3.05, 3.63) is 72.3 Å². The summed E-state index contributed by atoms with van der Waals surface area (Å²) in [5.74, 6) is 1.37. The molecule has 0 aliphatic heterocycles. The normalized spacial score (nSPS) is 11.2. The van der Waals surface area contributed by atoms with Gasteiger partial charge in [-0.05, 0) is 31.2 Å².